The van der Waals surface area contributed by atoms with E-state index in [0.717, 1.165) is 16.5 Å². The average Bonchev–Trinajstić information content (AvgIpc) is 3.26. The van der Waals surface area contributed by atoms with Gasteiger partial charge in [-0.25, -0.2) is 4.98 Å². The van der Waals surface area contributed by atoms with Crippen molar-refractivity contribution in [2.24, 2.45) is 7.05 Å². The number of hydrazine groups is 1. The second kappa shape index (κ2) is 6.32. The van der Waals surface area contributed by atoms with Gasteiger partial charge in [0, 0.05) is 36.2 Å². The molecule has 0 saturated carbocycles. The summed E-state index contributed by atoms with van der Waals surface area (Å²) in [7, 11) is 1.76. The van der Waals surface area contributed by atoms with Gasteiger partial charge in [0.05, 0.1) is 5.56 Å². The fourth-order valence-electron chi connectivity index (χ4n) is 2.56. The Balaban J connectivity index is 1.76. The highest BCUT2D eigenvalue weighted by Crippen LogP contribution is 2.22. The molecule has 2 N–H and O–H groups in total. The van der Waals surface area contributed by atoms with E-state index in [-0.39, 0.29) is 11.8 Å². The Morgan fingerprint density at radius 1 is 1.21 bits per heavy atom. The SMILES string of the molecule is Cc1cc(C(=O)NNC(=O)c2cccn2C)c(C)n1-c1nccs1. The number of thiazole rings is 1. The molecule has 7 nitrogen and oxygen atoms in total. The second-order valence-corrected chi connectivity index (χ2v) is 6.22. The van der Waals surface area contributed by atoms with Crippen LogP contribution in [0.4, 0.5) is 0 Å². The normalized spacial score (nSPS) is 10.6. The number of nitrogens with zero attached hydrogens (tertiary/aromatic N) is 3. The van der Waals surface area contributed by atoms with E-state index < -0.39 is 0 Å². The maximum atomic E-state index is 12.4. The Morgan fingerprint density at radius 3 is 2.58 bits per heavy atom. The Labute approximate surface area is 142 Å². The summed E-state index contributed by atoms with van der Waals surface area (Å²) in [6, 6.07) is 5.22. The van der Waals surface area contributed by atoms with Gasteiger partial charge in [0.1, 0.15) is 5.69 Å². The van der Waals surface area contributed by atoms with E-state index in [1.165, 1.54) is 11.3 Å². The lowest BCUT2D eigenvalue weighted by atomic mass is 10.2. The lowest BCUT2D eigenvalue weighted by Crippen LogP contribution is -2.42. The first-order valence-corrected chi connectivity index (χ1v) is 8.18. The molecule has 2 amide bonds. The van der Waals surface area contributed by atoms with Crippen molar-refractivity contribution in [2.45, 2.75) is 13.8 Å². The summed E-state index contributed by atoms with van der Waals surface area (Å²) in [5, 5.41) is 2.69. The van der Waals surface area contributed by atoms with Crippen molar-refractivity contribution in [2.75, 3.05) is 0 Å². The van der Waals surface area contributed by atoms with E-state index in [2.05, 4.69) is 15.8 Å². The number of rotatable bonds is 3. The van der Waals surface area contributed by atoms with Crippen LogP contribution in [0.2, 0.25) is 0 Å². The molecule has 0 fully saturated rings. The predicted octanol–water partition coefficient (Wildman–Crippen LogP) is 1.96. The summed E-state index contributed by atoms with van der Waals surface area (Å²) >= 11 is 1.50. The number of aromatic nitrogens is 3. The Bertz CT molecular complexity index is 892. The van der Waals surface area contributed by atoms with E-state index in [1.54, 1.807) is 42.2 Å². The molecule has 0 aliphatic rings. The first-order valence-electron chi connectivity index (χ1n) is 7.30. The van der Waals surface area contributed by atoms with Crippen LogP contribution in [0.15, 0.2) is 36.0 Å². The molecule has 0 spiro atoms. The van der Waals surface area contributed by atoms with E-state index in [4.69, 9.17) is 0 Å². The molecule has 0 radical (unpaired) electrons. The lowest BCUT2D eigenvalue weighted by molar-refractivity contribution is 0.0841. The first kappa shape index (κ1) is 16.0. The topological polar surface area (TPSA) is 81.0 Å². The third kappa shape index (κ3) is 2.83. The van der Waals surface area contributed by atoms with Crippen molar-refractivity contribution in [1.29, 1.82) is 0 Å². The van der Waals surface area contributed by atoms with Crippen LogP contribution >= 0.6 is 11.3 Å². The molecule has 0 bridgehead atoms. The molecule has 3 rings (SSSR count). The van der Waals surface area contributed by atoms with Crippen molar-refractivity contribution in [3.8, 4) is 5.13 Å². The third-order valence-corrected chi connectivity index (χ3v) is 4.51. The highest BCUT2D eigenvalue weighted by Gasteiger charge is 2.18. The number of carbonyl (C=O) groups is 2. The Morgan fingerprint density at radius 2 is 1.96 bits per heavy atom. The van der Waals surface area contributed by atoms with Gasteiger partial charge in [-0.15, -0.1) is 11.3 Å². The molecule has 3 aromatic heterocycles. The number of carbonyl (C=O) groups excluding carboxylic acids is 2. The quantitative estimate of drug-likeness (QED) is 0.714. The van der Waals surface area contributed by atoms with E-state index in [1.807, 2.05) is 23.8 Å². The van der Waals surface area contributed by atoms with Gasteiger partial charge in [0.15, 0.2) is 5.13 Å². The van der Waals surface area contributed by atoms with Crippen LogP contribution in [0.1, 0.15) is 32.2 Å². The highest BCUT2D eigenvalue weighted by molar-refractivity contribution is 7.12. The maximum absolute atomic E-state index is 12.4. The van der Waals surface area contributed by atoms with Gasteiger partial charge in [-0.1, -0.05) is 0 Å². The Hall–Kier alpha value is -2.87. The molecule has 0 aliphatic carbocycles. The van der Waals surface area contributed by atoms with Crippen molar-refractivity contribution >= 4 is 23.2 Å². The van der Waals surface area contributed by atoms with Crippen LogP contribution in [0.25, 0.3) is 5.13 Å². The average molecular weight is 343 g/mol. The predicted molar refractivity (Wildman–Crippen MR) is 91.3 cm³/mol. The van der Waals surface area contributed by atoms with Gasteiger partial charge < -0.3 is 4.57 Å². The van der Waals surface area contributed by atoms with Crippen molar-refractivity contribution in [1.82, 2.24) is 25.0 Å². The van der Waals surface area contributed by atoms with Crippen molar-refractivity contribution in [3.63, 3.8) is 0 Å². The molecule has 8 heteroatoms. The molecule has 3 aromatic rings. The number of aryl methyl sites for hydroxylation is 2. The zero-order chi connectivity index (χ0) is 17.3. The molecular formula is C16H17N5O2S. The molecule has 24 heavy (non-hydrogen) atoms. The summed E-state index contributed by atoms with van der Waals surface area (Å²) in [5.74, 6) is -0.738. The van der Waals surface area contributed by atoms with Crippen LogP contribution in [-0.2, 0) is 7.05 Å². The van der Waals surface area contributed by atoms with E-state index in [9.17, 15) is 9.59 Å². The summed E-state index contributed by atoms with van der Waals surface area (Å²) in [4.78, 5) is 28.7. The third-order valence-electron chi connectivity index (χ3n) is 3.75. The number of hydrogen-bond acceptors (Lipinski definition) is 4. The van der Waals surface area contributed by atoms with Crippen LogP contribution in [0.3, 0.4) is 0 Å². The second-order valence-electron chi connectivity index (χ2n) is 5.35. The smallest absolute Gasteiger partial charge is 0.286 e. The molecule has 0 unspecified atom stereocenters. The van der Waals surface area contributed by atoms with Gasteiger partial charge in [-0.3, -0.25) is 25.0 Å². The van der Waals surface area contributed by atoms with Gasteiger partial charge in [0.2, 0.25) is 0 Å². The monoisotopic (exact) mass is 343 g/mol. The van der Waals surface area contributed by atoms with Gasteiger partial charge in [-0.05, 0) is 32.0 Å². The van der Waals surface area contributed by atoms with Crippen LogP contribution in [0.5, 0.6) is 0 Å². The van der Waals surface area contributed by atoms with Crippen molar-refractivity contribution < 1.29 is 9.59 Å². The zero-order valence-corrected chi connectivity index (χ0v) is 14.3. The standard InChI is InChI=1S/C16H17N5O2S/c1-10-9-12(11(2)21(10)16-17-6-8-24-16)14(22)18-19-15(23)13-5-4-7-20(13)3/h4-9H,1-3H3,(H,18,22)(H,19,23). The summed E-state index contributed by atoms with van der Waals surface area (Å²) in [6.07, 6.45) is 3.48. The highest BCUT2D eigenvalue weighted by atomic mass is 32.1. The fourth-order valence-corrected chi connectivity index (χ4v) is 3.31. The van der Waals surface area contributed by atoms with Crippen LogP contribution in [-0.4, -0.2) is 25.9 Å². The molecule has 0 saturated heterocycles. The fraction of sp³-hybridized carbons (Fsp3) is 0.188. The molecule has 124 valence electrons. The zero-order valence-electron chi connectivity index (χ0n) is 13.5. The lowest BCUT2D eigenvalue weighted by Gasteiger charge is -2.08. The van der Waals surface area contributed by atoms with Crippen LogP contribution < -0.4 is 10.9 Å². The minimum Gasteiger partial charge on any atom is -0.347 e. The summed E-state index contributed by atoms with van der Waals surface area (Å²) in [5.41, 5.74) is 7.52. The van der Waals surface area contributed by atoms with Gasteiger partial charge in [-0.2, -0.15) is 0 Å². The van der Waals surface area contributed by atoms with Crippen LogP contribution in [0, 0.1) is 13.8 Å². The largest absolute Gasteiger partial charge is 0.347 e. The molecule has 0 atom stereocenters. The molecule has 0 aliphatic heterocycles. The van der Waals surface area contributed by atoms with E-state index >= 15 is 0 Å². The molecule has 0 aromatic carbocycles. The minimum atomic E-state index is -0.371. The summed E-state index contributed by atoms with van der Waals surface area (Å²) in [6.45, 7) is 3.76. The molecule has 3 heterocycles. The van der Waals surface area contributed by atoms with Gasteiger partial charge >= 0.3 is 0 Å². The van der Waals surface area contributed by atoms with E-state index in [0.29, 0.717) is 11.3 Å². The maximum Gasteiger partial charge on any atom is 0.286 e. The van der Waals surface area contributed by atoms with Gasteiger partial charge in [0.25, 0.3) is 11.8 Å². The minimum absolute atomic E-state index is 0.367. The number of nitrogens with one attached hydrogen (secondary N) is 2. The van der Waals surface area contributed by atoms with Crippen molar-refractivity contribution in [3.05, 3.63) is 58.6 Å². The Kier molecular flexibility index (Phi) is 4.22. The molecular weight excluding hydrogens is 326 g/mol. The first-order chi connectivity index (χ1) is 11.5. The number of hydrogen-bond donors (Lipinski definition) is 2. The number of amides is 2. The summed E-state index contributed by atoms with van der Waals surface area (Å²) < 4.78 is 3.59.